The number of aliphatic hydroxyl groups excluding tert-OH is 1. The Bertz CT molecular complexity index is 1280. The van der Waals surface area contributed by atoms with Crippen LogP contribution in [0.3, 0.4) is 0 Å². The molecule has 0 aliphatic rings. The molecular formula is C28H34N6O3. The summed E-state index contributed by atoms with van der Waals surface area (Å²) >= 11 is 0. The van der Waals surface area contributed by atoms with E-state index in [0.29, 0.717) is 31.0 Å². The molecule has 37 heavy (non-hydrogen) atoms. The van der Waals surface area contributed by atoms with Crippen LogP contribution >= 0.6 is 0 Å². The van der Waals surface area contributed by atoms with Crippen LogP contribution < -0.4 is 22.1 Å². The number of hydrogen-bond acceptors (Lipinski definition) is 8. The second-order valence-electron chi connectivity index (χ2n) is 9.09. The summed E-state index contributed by atoms with van der Waals surface area (Å²) in [5, 5.41) is 17.6. The second kappa shape index (κ2) is 13.1. The van der Waals surface area contributed by atoms with Crippen LogP contribution in [0, 0.1) is 0 Å². The number of nitrogens with zero attached hydrogens (tertiary/aromatic N) is 2. The van der Waals surface area contributed by atoms with Crippen LogP contribution in [-0.4, -0.2) is 46.2 Å². The van der Waals surface area contributed by atoms with Crippen LogP contribution in [0.4, 0.5) is 5.69 Å². The first-order valence-corrected chi connectivity index (χ1v) is 12.6. The average Bonchev–Trinajstić information content (AvgIpc) is 3.42. The summed E-state index contributed by atoms with van der Waals surface area (Å²) in [5.41, 5.74) is 14.4. The van der Waals surface area contributed by atoms with E-state index in [-0.39, 0.29) is 24.3 Å². The summed E-state index contributed by atoms with van der Waals surface area (Å²) in [4.78, 5) is 21.7. The molecule has 4 rings (SSSR count). The summed E-state index contributed by atoms with van der Waals surface area (Å²) in [6.07, 6.45) is 5.02. The lowest BCUT2D eigenvalue weighted by Gasteiger charge is -2.22. The van der Waals surface area contributed by atoms with Crippen LogP contribution in [0.5, 0.6) is 0 Å². The smallest absolute Gasteiger partial charge is 0.277 e. The highest BCUT2D eigenvalue weighted by atomic mass is 16.3. The molecule has 9 nitrogen and oxygen atoms in total. The van der Waals surface area contributed by atoms with Gasteiger partial charge in [0.25, 0.3) is 5.91 Å². The van der Waals surface area contributed by atoms with Crippen molar-refractivity contribution in [3.63, 3.8) is 0 Å². The summed E-state index contributed by atoms with van der Waals surface area (Å²) in [6, 6.07) is 18.9. The number of aliphatic hydroxyl groups is 1. The van der Waals surface area contributed by atoms with Gasteiger partial charge in [-0.1, -0.05) is 48.5 Å². The molecule has 2 aromatic heterocycles. The van der Waals surface area contributed by atoms with Crippen molar-refractivity contribution in [2.75, 3.05) is 18.4 Å². The van der Waals surface area contributed by atoms with E-state index in [1.54, 1.807) is 6.20 Å². The van der Waals surface area contributed by atoms with Gasteiger partial charge in [-0.25, -0.2) is 4.98 Å². The first kappa shape index (κ1) is 26.4. The van der Waals surface area contributed by atoms with Crippen LogP contribution in [0.1, 0.15) is 47.2 Å². The molecule has 3 atom stereocenters. The monoisotopic (exact) mass is 502 g/mol. The molecule has 4 aromatic rings. The van der Waals surface area contributed by atoms with Crippen molar-refractivity contribution in [1.29, 1.82) is 0 Å². The summed E-state index contributed by atoms with van der Waals surface area (Å²) in [5.74, 6) is -0.0156. The highest BCUT2D eigenvalue weighted by Gasteiger charge is 2.23. The van der Waals surface area contributed by atoms with Gasteiger partial charge < -0.3 is 31.6 Å². The number of hydrogen-bond donors (Lipinski definition) is 5. The lowest BCUT2D eigenvalue weighted by molar-refractivity contribution is 0.102. The fourth-order valence-corrected chi connectivity index (χ4v) is 4.12. The average molecular weight is 503 g/mol. The predicted molar refractivity (Wildman–Crippen MR) is 144 cm³/mol. The number of nitrogens with one attached hydrogen (secondary N) is 2. The van der Waals surface area contributed by atoms with Crippen molar-refractivity contribution in [1.82, 2.24) is 15.3 Å². The number of aromatic nitrogens is 2. The number of carbonyl (C=O) groups excluding carboxylic acids is 1. The molecule has 0 aliphatic carbocycles. The van der Waals surface area contributed by atoms with Gasteiger partial charge in [-0.3, -0.25) is 9.78 Å². The number of nitrogens with two attached hydrogens (primary N) is 2. The van der Waals surface area contributed by atoms with Crippen LogP contribution in [0.15, 0.2) is 77.5 Å². The van der Waals surface area contributed by atoms with E-state index in [9.17, 15) is 9.90 Å². The summed E-state index contributed by atoms with van der Waals surface area (Å²) in [7, 11) is 0. The molecule has 9 heteroatoms. The van der Waals surface area contributed by atoms with Crippen molar-refractivity contribution < 1.29 is 14.3 Å². The lowest BCUT2D eigenvalue weighted by atomic mass is 10.0. The van der Waals surface area contributed by atoms with Gasteiger partial charge in [-0.05, 0) is 49.9 Å². The van der Waals surface area contributed by atoms with Gasteiger partial charge in [-0.15, -0.1) is 0 Å². The van der Waals surface area contributed by atoms with Gasteiger partial charge in [0.05, 0.1) is 29.5 Å². The molecule has 194 valence electrons. The van der Waals surface area contributed by atoms with Gasteiger partial charge in [0.1, 0.15) is 6.26 Å². The molecule has 0 saturated carbocycles. The number of benzene rings is 2. The first-order valence-electron chi connectivity index (χ1n) is 12.6. The lowest BCUT2D eigenvalue weighted by Crippen LogP contribution is -2.43. The van der Waals surface area contributed by atoms with Gasteiger partial charge >= 0.3 is 0 Å². The number of anilines is 1. The largest absolute Gasteiger partial charge is 0.446 e. The van der Waals surface area contributed by atoms with E-state index in [1.807, 2.05) is 48.5 Å². The minimum atomic E-state index is -0.746. The van der Waals surface area contributed by atoms with Crippen molar-refractivity contribution >= 4 is 22.5 Å². The zero-order chi connectivity index (χ0) is 26.0. The third-order valence-corrected chi connectivity index (χ3v) is 6.27. The zero-order valence-corrected chi connectivity index (χ0v) is 20.7. The zero-order valence-electron chi connectivity index (χ0n) is 20.7. The number of pyridine rings is 1. The van der Waals surface area contributed by atoms with E-state index in [0.717, 1.165) is 23.7 Å². The van der Waals surface area contributed by atoms with Crippen molar-refractivity contribution in [2.24, 2.45) is 11.5 Å². The Kier molecular flexibility index (Phi) is 9.34. The van der Waals surface area contributed by atoms with Gasteiger partial charge in [0, 0.05) is 18.0 Å². The minimum absolute atomic E-state index is 0.162. The van der Waals surface area contributed by atoms with E-state index in [2.05, 4.69) is 32.7 Å². The first-order chi connectivity index (χ1) is 18.0. The molecule has 1 unspecified atom stereocenters. The number of oxazole rings is 1. The maximum Gasteiger partial charge on any atom is 0.277 e. The number of rotatable bonds is 13. The third kappa shape index (κ3) is 7.43. The Labute approximate surface area is 216 Å². The number of amides is 1. The fraction of sp³-hybridized carbons (Fsp3) is 0.321. The number of aryl methyl sites for hydroxylation is 1. The van der Waals surface area contributed by atoms with Crippen LogP contribution in [0.2, 0.25) is 0 Å². The van der Waals surface area contributed by atoms with Crippen molar-refractivity contribution in [3.05, 3.63) is 90.3 Å². The van der Waals surface area contributed by atoms with Gasteiger partial charge in [0.15, 0.2) is 5.69 Å². The molecule has 7 N–H and O–H groups in total. The van der Waals surface area contributed by atoms with Crippen molar-refractivity contribution in [2.45, 2.75) is 43.9 Å². The summed E-state index contributed by atoms with van der Waals surface area (Å²) < 4.78 is 5.72. The number of carbonyl (C=O) groups is 1. The third-order valence-electron chi connectivity index (χ3n) is 6.27. The summed E-state index contributed by atoms with van der Waals surface area (Å²) in [6.45, 7) is 0.793. The minimum Gasteiger partial charge on any atom is -0.446 e. The predicted octanol–water partition coefficient (Wildman–Crippen LogP) is 3.17. The van der Waals surface area contributed by atoms with E-state index in [4.69, 9.17) is 15.9 Å². The maximum atomic E-state index is 12.9. The molecule has 0 saturated heterocycles. The molecule has 0 fully saturated rings. The Morgan fingerprint density at radius 1 is 1.08 bits per heavy atom. The molecule has 0 bridgehead atoms. The molecule has 0 aliphatic heterocycles. The Morgan fingerprint density at radius 3 is 2.68 bits per heavy atom. The molecule has 0 spiro atoms. The van der Waals surface area contributed by atoms with Crippen molar-refractivity contribution in [3.8, 4) is 0 Å². The van der Waals surface area contributed by atoms with E-state index >= 15 is 0 Å². The topological polar surface area (TPSA) is 152 Å². The fourth-order valence-electron chi connectivity index (χ4n) is 4.12. The Hall–Kier alpha value is -3.63. The molecule has 2 heterocycles. The van der Waals surface area contributed by atoms with Crippen LogP contribution in [0.25, 0.3) is 10.9 Å². The van der Waals surface area contributed by atoms with Gasteiger partial charge in [-0.2, -0.15) is 0 Å². The number of fused-ring (bicyclic) bond motifs is 1. The maximum absolute atomic E-state index is 12.9. The van der Waals surface area contributed by atoms with E-state index < -0.39 is 12.0 Å². The SMILES string of the molecule is NCCC[C@@H](N)C(O)CN[C@H](CCc1ccccc1)c1nc(C(=O)Nc2cnc3ccccc3c2)co1. The second-order valence-corrected chi connectivity index (χ2v) is 9.09. The highest BCUT2D eigenvalue weighted by molar-refractivity contribution is 6.03. The van der Waals surface area contributed by atoms with E-state index in [1.165, 1.54) is 11.8 Å². The highest BCUT2D eigenvalue weighted by Crippen LogP contribution is 2.21. The Balaban J connectivity index is 1.44. The normalized spacial score (nSPS) is 13.8. The van der Waals surface area contributed by atoms with Crippen LogP contribution in [-0.2, 0) is 6.42 Å². The molecular weight excluding hydrogens is 468 g/mol. The van der Waals surface area contributed by atoms with Gasteiger partial charge in [0.2, 0.25) is 5.89 Å². The standard InChI is InChI=1S/C28H34N6O3/c29-14-6-10-22(30)26(35)17-32-24(13-12-19-7-2-1-3-8-19)28-34-25(18-37-28)27(36)33-21-15-20-9-4-5-11-23(20)31-16-21/h1-5,7-9,11,15-16,18,22,24,26,32,35H,6,10,12-14,17,29-30H2,(H,33,36)/t22-,24-,26?/m1/s1. The number of para-hydroxylation sites is 1. The molecule has 0 radical (unpaired) electrons. The molecule has 1 amide bonds. The quantitative estimate of drug-likeness (QED) is 0.187. The molecule has 2 aromatic carbocycles. The Morgan fingerprint density at radius 2 is 1.86 bits per heavy atom.